The van der Waals surface area contributed by atoms with Gasteiger partial charge in [0.2, 0.25) is 0 Å². The maximum Gasteiger partial charge on any atom is 0.191 e. The van der Waals surface area contributed by atoms with E-state index >= 15 is 0 Å². The quantitative estimate of drug-likeness (QED) is 0.340. The van der Waals surface area contributed by atoms with Crippen molar-refractivity contribution in [2.75, 3.05) is 46.7 Å². The number of hydrogen-bond donors (Lipinski definition) is 2. The lowest BCUT2D eigenvalue weighted by Crippen LogP contribution is -2.47. The Bertz CT molecular complexity index is 591. The first-order valence-electron chi connectivity index (χ1n) is 9.82. The Morgan fingerprint density at radius 3 is 2.67 bits per heavy atom. The number of rotatable bonds is 11. The Hall–Kier alpha value is -1.40. The van der Waals surface area contributed by atoms with E-state index in [0.29, 0.717) is 11.3 Å². The monoisotopic (exact) mass is 393 g/mol. The van der Waals surface area contributed by atoms with Crippen molar-refractivity contribution in [3.63, 3.8) is 0 Å². The standard InChI is InChI=1S/C21H35N3O2S/c1-17(15-27-19-9-6-5-8-18(19)26-4)14-23-20(22-2)24-16-21(10-7-11-21)12-13-25-3/h5-6,8-9,17H,7,10-16H2,1-4H3,(H2,22,23,24). The molecule has 27 heavy (non-hydrogen) atoms. The van der Waals surface area contributed by atoms with Crippen molar-refractivity contribution < 1.29 is 9.47 Å². The van der Waals surface area contributed by atoms with Crippen LogP contribution in [0.3, 0.4) is 0 Å². The number of hydrogen-bond acceptors (Lipinski definition) is 4. The molecule has 1 aromatic carbocycles. The van der Waals surface area contributed by atoms with Gasteiger partial charge in [-0.1, -0.05) is 25.5 Å². The minimum atomic E-state index is 0.388. The highest BCUT2D eigenvalue weighted by molar-refractivity contribution is 7.99. The molecule has 1 aliphatic rings. The summed E-state index contributed by atoms with van der Waals surface area (Å²) in [5.74, 6) is 3.39. The summed E-state index contributed by atoms with van der Waals surface area (Å²) in [5, 5.41) is 7.00. The first-order chi connectivity index (χ1) is 13.1. The van der Waals surface area contributed by atoms with Crippen molar-refractivity contribution in [3.05, 3.63) is 24.3 Å². The van der Waals surface area contributed by atoms with Gasteiger partial charge in [0.05, 0.1) is 7.11 Å². The Morgan fingerprint density at radius 2 is 2.04 bits per heavy atom. The Balaban J connectivity index is 1.71. The molecule has 0 saturated heterocycles. The Morgan fingerprint density at radius 1 is 1.26 bits per heavy atom. The molecule has 1 unspecified atom stereocenters. The molecule has 0 amide bonds. The molecule has 2 N–H and O–H groups in total. The summed E-state index contributed by atoms with van der Waals surface area (Å²) in [5.41, 5.74) is 0.388. The maximum absolute atomic E-state index is 5.43. The maximum atomic E-state index is 5.43. The summed E-state index contributed by atoms with van der Waals surface area (Å²) < 4.78 is 10.7. The van der Waals surface area contributed by atoms with Crippen LogP contribution < -0.4 is 15.4 Å². The number of nitrogens with zero attached hydrogens (tertiary/aromatic N) is 1. The van der Waals surface area contributed by atoms with Crippen molar-refractivity contribution >= 4 is 17.7 Å². The highest BCUT2D eigenvalue weighted by Gasteiger charge is 2.36. The highest BCUT2D eigenvalue weighted by atomic mass is 32.2. The molecule has 1 atom stereocenters. The number of para-hydroxylation sites is 1. The molecule has 1 aliphatic carbocycles. The molecule has 0 aromatic heterocycles. The largest absolute Gasteiger partial charge is 0.496 e. The van der Waals surface area contributed by atoms with E-state index in [1.54, 1.807) is 14.2 Å². The fourth-order valence-electron chi connectivity index (χ4n) is 3.30. The van der Waals surface area contributed by atoms with Gasteiger partial charge in [-0.05, 0) is 42.7 Å². The molecule has 1 saturated carbocycles. The number of aliphatic imine (C=N–C) groups is 1. The van der Waals surface area contributed by atoms with Crippen LogP contribution >= 0.6 is 11.8 Å². The van der Waals surface area contributed by atoms with Crippen molar-refractivity contribution in [2.24, 2.45) is 16.3 Å². The molecule has 6 heteroatoms. The average molecular weight is 394 g/mol. The predicted octanol–water partition coefficient (Wildman–Crippen LogP) is 3.80. The molecule has 1 fully saturated rings. The molecular weight excluding hydrogens is 358 g/mol. The van der Waals surface area contributed by atoms with E-state index in [1.807, 2.05) is 30.9 Å². The van der Waals surface area contributed by atoms with Gasteiger partial charge in [0.1, 0.15) is 5.75 Å². The van der Waals surface area contributed by atoms with Crippen molar-refractivity contribution in [3.8, 4) is 5.75 Å². The van der Waals surface area contributed by atoms with Gasteiger partial charge in [-0.25, -0.2) is 0 Å². The topological polar surface area (TPSA) is 54.9 Å². The fourth-order valence-corrected chi connectivity index (χ4v) is 4.35. The smallest absolute Gasteiger partial charge is 0.191 e. The number of benzene rings is 1. The van der Waals surface area contributed by atoms with Crippen LogP contribution in [0.1, 0.15) is 32.6 Å². The first-order valence-corrected chi connectivity index (χ1v) is 10.8. The summed E-state index contributed by atoms with van der Waals surface area (Å²) in [6.45, 7) is 4.97. The second-order valence-corrected chi connectivity index (χ2v) is 8.53. The van der Waals surface area contributed by atoms with Gasteiger partial charge >= 0.3 is 0 Å². The van der Waals surface area contributed by atoms with E-state index in [9.17, 15) is 0 Å². The minimum absolute atomic E-state index is 0.388. The minimum Gasteiger partial charge on any atom is -0.496 e. The summed E-state index contributed by atoms with van der Waals surface area (Å²) in [4.78, 5) is 5.58. The molecule has 5 nitrogen and oxygen atoms in total. The van der Waals surface area contributed by atoms with Gasteiger partial charge in [-0.15, -0.1) is 11.8 Å². The van der Waals surface area contributed by atoms with Crippen LogP contribution in [0.4, 0.5) is 0 Å². The number of thioether (sulfide) groups is 1. The molecule has 0 heterocycles. The van der Waals surface area contributed by atoms with Crippen molar-refractivity contribution in [1.82, 2.24) is 10.6 Å². The van der Waals surface area contributed by atoms with E-state index in [4.69, 9.17) is 9.47 Å². The van der Waals surface area contributed by atoms with Gasteiger partial charge in [0.25, 0.3) is 0 Å². The lowest BCUT2D eigenvalue weighted by molar-refractivity contribution is 0.0732. The van der Waals surface area contributed by atoms with Gasteiger partial charge in [-0.3, -0.25) is 4.99 Å². The molecule has 0 bridgehead atoms. The van der Waals surface area contributed by atoms with E-state index in [-0.39, 0.29) is 0 Å². The van der Waals surface area contributed by atoms with Crippen LogP contribution in [0.5, 0.6) is 5.75 Å². The zero-order valence-electron chi connectivity index (χ0n) is 17.2. The third-order valence-corrected chi connectivity index (χ3v) is 6.70. The first kappa shape index (κ1) is 21.9. The van der Waals surface area contributed by atoms with E-state index in [2.05, 4.69) is 34.7 Å². The summed E-state index contributed by atoms with van der Waals surface area (Å²) in [6, 6.07) is 8.18. The molecule has 0 radical (unpaired) electrons. The van der Waals surface area contributed by atoms with Crippen LogP contribution in [-0.2, 0) is 4.74 Å². The normalized spacial score (nSPS) is 17.1. The molecular formula is C21H35N3O2S. The lowest BCUT2D eigenvalue weighted by atomic mass is 9.67. The third kappa shape index (κ3) is 6.92. The molecule has 0 aliphatic heterocycles. The number of nitrogens with one attached hydrogen (secondary N) is 2. The predicted molar refractivity (Wildman–Crippen MR) is 115 cm³/mol. The van der Waals surface area contributed by atoms with E-state index < -0.39 is 0 Å². The molecule has 152 valence electrons. The average Bonchev–Trinajstić information content (AvgIpc) is 2.67. The fraction of sp³-hybridized carbons (Fsp3) is 0.667. The molecule has 0 spiro atoms. The van der Waals surface area contributed by atoms with Crippen molar-refractivity contribution in [1.29, 1.82) is 0 Å². The summed E-state index contributed by atoms with van der Waals surface area (Å²) in [6.07, 6.45) is 5.02. The van der Waals surface area contributed by atoms with Crippen LogP contribution in [0.15, 0.2) is 34.2 Å². The SMILES string of the molecule is CN=C(NCC(C)CSc1ccccc1OC)NCC1(CCOC)CCC1. The summed E-state index contributed by atoms with van der Waals surface area (Å²) in [7, 11) is 5.35. The van der Waals surface area contributed by atoms with Gasteiger partial charge in [0, 0.05) is 44.5 Å². The highest BCUT2D eigenvalue weighted by Crippen LogP contribution is 2.43. The Labute approximate surface area is 168 Å². The van der Waals surface area contributed by atoms with E-state index in [0.717, 1.165) is 43.6 Å². The second kappa shape index (κ2) is 11.4. The number of ether oxygens (including phenoxy) is 2. The number of methoxy groups -OCH3 is 2. The molecule has 1 aromatic rings. The summed E-state index contributed by atoms with van der Waals surface area (Å²) >= 11 is 1.84. The van der Waals surface area contributed by atoms with Crippen LogP contribution in [0.25, 0.3) is 0 Å². The Kier molecular flexibility index (Phi) is 9.28. The van der Waals surface area contributed by atoms with Crippen LogP contribution in [-0.4, -0.2) is 52.7 Å². The lowest BCUT2D eigenvalue weighted by Gasteiger charge is -2.42. The van der Waals surface area contributed by atoms with Crippen molar-refractivity contribution in [2.45, 2.75) is 37.5 Å². The second-order valence-electron chi connectivity index (χ2n) is 7.47. The third-order valence-electron chi connectivity index (χ3n) is 5.32. The molecule has 2 rings (SSSR count). The van der Waals surface area contributed by atoms with E-state index in [1.165, 1.54) is 24.2 Å². The van der Waals surface area contributed by atoms with Crippen LogP contribution in [0, 0.1) is 11.3 Å². The van der Waals surface area contributed by atoms with Crippen LogP contribution in [0.2, 0.25) is 0 Å². The zero-order chi connectivity index (χ0) is 19.5. The van der Waals surface area contributed by atoms with Gasteiger partial charge in [0.15, 0.2) is 5.96 Å². The zero-order valence-corrected chi connectivity index (χ0v) is 18.0. The number of guanidine groups is 1. The van der Waals surface area contributed by atoms with Gasteiger partial charge < -0.3 is 20.1 Å². The van der Waals surface area contributed by atoms with Gasteiger partial charge in [-0.2, -0.15) is 0 Å².